The van der Waals surface area contributed by atoms with Crippen LogP contribution in [-0.4, -0.2) is 10.8 Å². The van der Waals surface area contributed by atoms with Gasteiger partial charge in [0, 0.05) is 15.5 Å². The number of benzene rings is 2. The lowest BCUT2D eigenvalue weighted by Crippen LogP contribution is -2.40. The van der Waals surface area contributed by atoms with Gasteiger partial charge in [-0.15, -0.1) is 0 Å². The number of hydrogen-bond donors (Lipinski definition) is 1. The first-order chi connectivity index (χ1) is 13.5. The number of carbonyl (C=O) groups excluding carboxylic acids is 1. The molecule has 0 spiro atoms. The Morgan fingerprint density at radius 2 is 1.82 bits per heavy atom. The molecule has 0 fully saturated rings. The number of fused-ring (bicyclic) bond motifs is 2. The maximum absolute atomic E-state index is 14.6. The van der Waals surface area contributed by atoms with Crippen LogP contribution >= 0.6 is 23.4 Å². The van der Waals surface area contributed by atoms with Crippen molar-refractivity contribution in [2.75, 3.05) is 0 Å². The normalized spacial score (nSPS) is 18.4. The van der Waals surface area contributed by atoms with Crippen LogP contribution in [0, 0.1) is 28.5 Å². The van der Waals surface area contributed by atoms with Gasteiger partial charge in [-0.05, 0) is 24.3 Å². The lowest BCUT2D eigenvalue weighted by atomic mass is 9.83. The van der Waals surface area contributed by atoms with Crippen molar-refractivity contribution in [3.8, 4) is 12.1 Å². The van der Waals surface area contributed by atoms with E-state index >= 15 is 0 Å². The largest absolute Gasteiger partial charge is 0.384 e. The van der Waals surface area contributed by atoms with Crippen molar-refractivity contribution in [1.82, 2.24) is 4.90 Å². The fourth-order valence-electron chi connectivity index (χ4n) is 3.33. The Morgan fingerprint density at radius 1 is 1.11 bits per heavy atom. The van der Waals surface area contributed by atoms with Crippen LogP contribution in [-0.2, 0) is 0 Å². The second-order valence-corrected chi connectivity index (χ2v) is 7.49. The van der Waals surface area contributed by atoms with E-state index < -0.39 is 17.6 Å². The molecular weight excluding hydrogens is 399 g/mol. The summed E-state index contributed by atoms with van der Waals surface area (Å²) in [6.07, 6.45) is 0. The van der Waals surface area contributed by atoms with E-state index in [9.17, 15) is 19.7 Å². The molecular formula is C20H10ClFN4OS. The van der Waals surface area contributed by atoms with Crippen LogP contribution in [0.2, 0.25) is 5.02 Å². The van der Waals surface area contributed by atoms with Crippen LogP contribution in [0.1, 0.15) is 21.8 Å². The molecule has 2 N–H and O–H groups in total. The van der Waals surface area contributed by atoms with E-state index in [0.29, 0.717) is 10.5 Å². The van der Waals surface area contributed by atoms with Gasteiger partial charge in [0.15, 0.2) is 0 Å². The lowest BCUT2D eigenvalue weighted by Gasteiger charge is -2.37. The third-order valence-electron chi connectivity index (χ3n) is 4.58. The Hall–Kier alpha value is -3.26. The second kappa shape index (κ2) is 6.72. The standard InChI is InChI=1S/C20H10ClFN4OS/c21-13-5-3-6-14(22)17(13)16-11(8-23)18(25)26-19(27)10-4-1-2-7-15(10)28-20(26)12(16)9-24/h1-7,16H,25H2/t16-/m0/s1. The third kappa shape index (κ3) is 2.49. The summed E-state index contributed by atoms with van der Waals surface area (Å²) in [7, 11) is 0. The average Bonchev–Trinajstić information content (AvgIpc) is 2.68. The fourth-order valence-corrected chi connectivity index (χ4v) is 4.77. The molecule has 28 heavy (non-hydrogen) atoms. The second-order valence-electron chi connectivity index (χ2n) is 6.05. The summed E-state index contributed by atoms with van der Waals surface area (Å²) < 4.78 is 14.6. The molecule has 1 atom stereocenters. The summed E-state index contributed by atoms with van der Waals surface area (Å²) in [4.78, 5) is 14.8. The molecule has 0 unspecified atom stereocenters. The third-order valence-corrected chi connectivity index (χ3v) is 6.09. The molecule has 2 heterocycles. The number of amides is 1. The maximum Gasteiger partial charge on any atom is 0.265 e. The number of halogens is 2. The van der Waals surface area contributed by atoms with Crippen molar-refractivity contribution >= 4 is 29.3 Å². The Labute approximate surface area is 169 Å². The van der Waals surface area contributed by atoms with Gasteiger partial charge in [0.25, 0.3) is 5.91 Å². The number of nitriles is 2. The number of nitrogens with two attached hydrogens (primary N) is 1. The number of rotatable bonds is 1. The summed E-state index contributed by atoms with van der Waals surface area (Å²) in [6, 6.07) is 15.0. The summed E-state index contributed by atoms with van der Waals surface area (Å²) >= 11 is 7.38. The molecule has 2 aliphatic rings. The molecule has 4 rings (SSSR count). The van der Waals surface area contributed by atoms with Crippen molar-refractivity contribution in [1.29, 1.82) is 10.5 Å². The Balaban J connectivity index is 2.04. The van der Waals surface area contributed by atoms with Crippen LogP contribution < -0.4 is 5.73 Å². The van der Waals surface area contributed by atoms with Gasteiger partial charge in [0.1, 0.15) is 16.7 Å². The predicted octanol–water partition coefficient (Wildman–Crippen LogP) is 4.25. The van der Waals surface area contributed by atoms with Crippen LogP contribution in [0.3, 0.4) is 0 Å². The van der Waals surface area contributed by atoms with E-state index in [4.69, 9.17) is 17.3 Å². The lowest BCUT2D eigenvalue weighted by molar-refractivity contribution is 0.0841. The van der Waals surface area contributed by atoms with E-state index in [1.54, 1.807) is 24.3 Å². The first-order valence-electron chi connectivity index (χ1n) is 8.08. The SMILES string of the molecule is N#CC1=C(N)N2C(=O)c3ccccc3SC2=C(C#N)[C@H]1c1c(F)cccc1Cl. The van der Waals surface area contributed by atoms with E-state index in [2.05, 4.69) is 0 Å². The van der Waals surface area contributed by atoms with Crippen LogP contribution in [0.15, 0.2) is 69.4 Å². The van der Waals surface area contributed by atoms with Crippen molar-refractivity contribution in [2.45, 2.75) is 10.8 Å². The molecule has 0 aliphatic carbocycles. The average molecular weight is 409 g/mol. The van der Waals surface area contributed by atoms with E-state index in [-0.39, 0.29) is 32.6 Å². The zero-order chi connectivity index (χ0) is 20.0. The number of nitrogens with zero attached hydrogens (tertiary/aromatic N) is 3. The smallest absolute Gasteiger partial charge is 0.265 e. The van der Waals surface area contributed by atoms with Gasteiger partial charge in [-0.3, -0.25) is 9.69 Å². The van der Waals surface area contributed by atoms with E-state index in [1.807, 2.05) is 12.1 Å². The van der Waals surface area contributed by atoms with Gasteiger partial charge in [-0.25, -0.2) is 4.39 Å². The highest BCUT2D eigenvalue weighted by atomic mass is 35.5. The molecule has 5 nitrogen and oxygen atoms in total. The highest BCUT2D eigenvalue weighted by molar-refractivity contribution is 8.03. The van der Waals surface area contributed by atoms with Crippen LogP contribution in [0.4, 0.5) is 4.39 Å². The summed E-state index contributed by atoms with van der Waals surface area (Å²) in [6.45, 7) is 0. The zero-order valence-electron chi connectivity index (χ0n) is 14.1. The summed E-state index contributed by atoms with van der Waals surface area (Å²) in [5.41, 5.74) is 6.53. The highest BCUT2D eigenvalue weighted by Crippen LogP contribution is 2.50. The van der Waals surface area contributed by atoms with Gasteiger partial charge in [-0.1, -0.05) is 41.6 Å². The first-order valence-corrected chi connectivity index (χ1v) is 9.28. The monoisotopic (exact) mass is 408 g/mol. The molecule has 1 amide bonds. The summed E-state index contributed by atoms with van der Waals surface area (Å²) in [5, 5.41) is 19.9. The minimum atomic E-state index is -1.10. The Morgan fingerprint density at radius 3 is 2.50 bits per heavy atom. The number of allylic oxidation sites excluding steroid dienone is 2. The van der Waals surface area contributed by atoms with Crippen molar-refractivity contribution in [3.63, 3.8) is 0 Å². The number of hydrogen-bond acceptors (Lipinski definition) is 5. The van der Waals surface area contributed by atoms with Crippen molar-refractivity contribution in [3.05, 3.63) is 86.4 Å². The van der Waals surface area contributed by atoms with Crippen molar-refractivity contribution < 1.29 is 9.18 Å². The molecule has 0 saturated carbocycles. The quantitative estimate of drug-likeness (QED) is 0.761. The molecule has 136 valence electrons. The summed E-state index contributed by atoms with van der Waals surface area (Å²) in [5.74, 6) is -2.33. The number of carbonyl (C=O) groups is 1. The molecule has 8 heteroatoms. The van der Waals surface area contributed by atoms with E-state index in [0.717, 1.165) is 4.90 Å². The molecule has 2 aromatic carbocycles. The van der Waals surface area contributed by atoms with Crippen LogP contribution in [0.25, 0.3) is 0 Å². The van der Waals surface area contributed by atoms with Gasteiger partial charge < -0.3 is 5.73 Å². The van der Waals surface area contributed by atoms with Gasteiger partial charge in [-0.2, -0.15) is 10.5 Å². The minimum absolute atomic E-state index is 0.0146. The molecule has 0 aromatic heterocycles. The minimum Gasteiger partial charge on any atom is -0.384 e. The molecule has 0 bridgehead atoms. The molecule has 0 saturated heterocycles. The van der Waals surface area contributed by atoms with Crippen molar-refractivity contribution in [2.24, 2.45) is 5.73 Å². The predicted molar refractivity (Wildman–Crippen MR) is 102 cm³/mol. The number of thioether (sulfide) groups is 1. The zero-order valence-corrected chi connectivity index (χ0v) is 15.7. The Kier molecular flexibility index (Phi) is 4.35. The molecule has 2 aliphatic heterocycles. The van der Waals surface area contributed by atoms with Gasteiger partial charge >= 0.3 is 0 Å². The fraction of sp³-hybridized carbons (Fsp3) is 0.0500. The van der Waals surface area contributed by atoms with E-state index in [1.165, 1.54) is 30.0 Å². The molecule has 2 aromatic rings. The topological polar surface area (TPSA) is 93.9 Å². The Bertz CT molecular complexity index is 1170. The first kappa shape index (κ1) is 18.1. The van der Waals surface area contributed by atoms with Gasteiger partial charge in [0.2, 0.25) is 0 Å². The highest BCUT2D eigenvalue weighted by Gasteiger charge is 2.43. The van der Waals surface area contributed by atoms with Crippen LogP contribution in [0.5, 0.6) is 0 Å². The van der Waals surface area contributed by atoms with Gasteiger partial charge in [0.05, 0.1) is 34.8 Å². The molecule has 0 radical (unpaired) electrons. The maximum atomic E-state index is 14.6.